The fraction of sp³-hybridized carbons (Fsp3) is 0.250. The predicted octanol–water partition coefficient (Wildman–Crippen LogP) is 3.39. The van der Waals surface area contributed by atoms with Crippen LogP contribution >= 0.6 is 15.9 Å². The molecule has 1 aromatic carbocycles. The van der Waals surface area contributed by atoms with Crippen LogP contribution in [-0.4, -0.2) is 30.5 Å². The molecule has 0 fully saturated rings. The Bertz CT molecular complexity index is 996. The SMILES string of the molecule is Cc1c(Br)c(C(F)(F)F)nn1CC(=O)Nc1ncn(Cc2ccc(F)cc2)n1. The monoisotopic (exact) mass is 460 g/mol. The zero-order valence-corrected chi connectivity index (χ0v) is 15.9. The van der Waals surface area contributed by atoms with Crippen LogP contribution in [0.25, 0.3) is 0 Å². The summed E-state index contributed by atoms with van der Waals surface area (Å²) in [6.07, 6.45) is -3.26. The highest BCUT2D eigenvalue weighted by Gasteiger charge is 2.38. The van der Waals surface area contributed by atoms with E-state index in [1.54, 1.807) is 12.1 Å². The molecule has 1 N–H and O–H groups in total. The van der Waals surface area contributed by atoms with E-state index in [1.807, 2.05) is 0 Å². The Balaban J connectivity index is 1.64. The summed E-state index contributed by atoms with van der Waals surface area (Å²) in [6, 6.07) is 5.81. The summed E-state index contributed by atoms with van der Waals surface area (Å²) in [5, 5.41) is 9.89. The van der Waals surface area contributed by atoms with E-state index in [-0.39, 0.29) is 21.9 Å². The van der Waals surface area contributed by atoms with Crippen molar-refractivity contribution in [1.82, 2.24) is 24.5 Å². The number of anilines is 1. The molecule has 28 heavy (non-hydrogen) atoms. The Morgan fingerprint density at radius 1 is 1.21 bits per heavy atom. The van der Waals surface area contributed by atoms with Gasteiger partial charge in [-0.3, -0.25) is 14.8 Å². The lowest BCUT2D eigenvalue weighted by molar-refractivity contribution is -0.142. The number of amides is 1. The van der Waals surface area contributed by atoms with Crippen molar-refractivity contribution in [1.29, 1.82) is 0 Å². The van der Waals surface area contributed by atoms with Crippen molar-refractivity contribution in [3.8, 4) is 0 Å². The van der Waals surface area contributed by atoms with Crippen molar-refractivity contribution in [3.05, 3.63) is 57.8 Å². The summed E-state index contributed by atoms with van der Waals surface area (Å²) >= 11 is 2.85. The molecule has 2 heterocycles. The van der Waals surface area contributed by atoms with Crippen molar-refractivity contribution in [3.63, 3.8) is 0 Å². The number of nitrogens with one attached hydrogen (secondary N) is 1. The smallest absolute Gasteiger partial charge is 0.292 e. The van der Waals surface area contributed by atoms with Gasteiger partial charge in [0.15, 0.2) is 5.69 Å². The van der Waals surface area contributed by atoms with Crippen molar-refractivity contribution in [2.24, 2.45) is 0 Å². The highest BCUT2D eigenvalue weighted by molar-refractivity contribution is 9.10. The van der Waals surface area contributed by atoms with E-state index in [1.165, 1.54) is 30.1 Å². The van der Waals surface area contributed by atoms with Crippen LogP contribution < -0.4 is 5.32 Å². The molecule has 7 nitrogen and oxygen atoms in total. The maximum Gasteiger partial charge on any atom is 0.436 e. The number of nitrogens with zero attached hydrogens (tertiary/aromatic N) is 5. The molecule has 0 bridgehead atoms. The molecule has 0 unspecified atom stereocenters. The highest BCUT2D eigenvalue weighted by Crippen LogP contribution is 2.35. The minimum absolute atomic E-state index is 0.00738. The van der Waals surface area contributed by atoms with Crippen molar-refractivity contribution >= 4 is 27.8 Å². The van der Waals surface area contributed by atoms with Gasteiger partial charge in [-0.05, 0) is 40.5 Å². The molecular weight excluding hydrogens is 448 g/mol. The van der Waals surface area contributed by atoms with Gasteiger partial charge in [-0.15, -0.1) is 5.10 Å². The zero-order valence-electron chi connectivity index (χ0n) is 14.3. The molecule has 12 heteroatoms. The van der Waals surface area contributed by atoms with E-state index in [4.69, 9.17) is 0 Å². The molecule has 0 aliphatic rings. The molecule has 0 radical (unpaired) electrons. The third-order valence-electron chi connectivity index (χ3n) is 3.74. The van der Waals surface area contributed by atoms with Gasteiger partial charge < -0.3 is 0 Å². The van der Waals surface area contributed by atoms with Gasteiger partial charge in [-0.25, -0.2) is 14.1 Å². The molecule has 2 aromatic heterocycles. The first-order valence-corrected chi connectivity index (χ1v) is 8.66. The summed E-state index contributed by atoms with van der Waals surface area (Å²) in [6.45, 7) is 1.28. The average molecular weight is 461 g/mol. The molecule has 0 aliphatic carbocycles. The van der Waals surface area contributed by atoms with Gasteiger partial charge in [0.05, 0.1) is 16.7 Å². The summed E-state index contributed by atoms with van der Waals surface area (Å²) in [7, 11) is 0. The number of halogens is 5. The van der Waals surface area contributed by atoms with Crippen LogP contribution in [0, 0.1) is 12.7 Å². The average Bonchev–Trinajstić information content (AvgIpc) is 3.16. The number of hydrogen-bond acceptors (Lipinski definition) is 4. The number of aromatic nitrogens is 5. The second-order valence-corrected chi connectivity index (χ2v) is 6.64. The number of hydrogen-bond donors (Lipinski definition) is 1. The Morgan fingerprint density at radius 2 is 1.89 bits per heavy atom. The fourth-order valence-electron chi connectivity index (χ4n) is 2.36. The van der Waals surface area contributed by atoms with E-state index in [0.29, 0.717) is 6.54 Å². The summed E-state index contributed by atoms with van der Waals surface area (Å²) in [5.41, 5.74) is -0.155. The van der Waals surface area contributed by atoms with Crippen LogP contribution in [0.2, 0.25) is 0 Å². The molecule has 3 aromatic rings. The van der Waals surface area contributed by atoms with Gasteiger partial charge in [0.1, 0.15) is 18.7 Å². The molecule has 0 saturated heterocycles. The van der Waals surface area contributed by atoms with E-state index < -0.39 is 24.3 Å². The predicted molar refractivity (Wildman–Crippen MR) is 93.8 cm³/mol. The first-order chi connectivity index (χ1) is 13.1. The van der Waals surface area contributed by atoms with Crippen LogP contribution in [0.3, 0.4) is 0 Å². The lowest BCUT2D eigenvalue weighted by Gasteiger charge is -2.04. The van der Waals surface area contributed by atoms with Crippen LogP contribution in [0.1, 0.15) is 17.0 Å². The lowest BCUT2D eigenvalue weighted by Crippen LogP contribution is -2.21. The van der Waals surface area contributed by atoms with Gasteiger partial charge in [0.25, 0.3) is 0 Å². The molecule has 0 atom stereocenters. The first kappa shape index (κ1) is 20.0. The van der Waals surface area contributed by atoms with E-state index in [9.17, 15) is 22.4 Å². The van der Waals surface area contributed by atoms with Crippen molar-refractivity contribution in [2.45, 2.75) is 26.2 Å². The number of carbonyl (C=O) groups excluding carboxylic acids is 1. The minimum atomic E-state index is -4.63. The molecule has 3 rings (SSSR count). The van der Waals surface area contributed by atoms with Crippen LogP contribution in [0.4, 0.5) is 23.5 Å². The number of carbonyl (C=O) groups is 1. The van der Waals surface area contributed by atoms with Gasteiger partial charge >= 0.3 is 6.18 Å². The van der Waals surface area contributed by atoms with Gasteiger partial charge in [0.2, 0.25) is 11.9 Å². The van der Waals surface area contributed by atoms with E-state index >= 15 is 0 Å². The minimum Gasteiger partial charge on any atom is -0.292 e. The maximum absolute atomic E-state index is 12.9. The molecule has 0 aliphatic heterocycles. The van der Waals surface area contributed by atoms with Gasteiger partial charge in [0, 0.05) is 0 Å². The molecule has 148 valence electrons. The normalized spacial score (nSPS) is 11.6. The number of rotatable bonds is 5. The third kappa shape index (κ3) is 4.55. The first-order valence-electron chi connectivity index (χ1n) is 7.87. The molecule has 0 saturated carbocycles. The van der Waals surface area contributed by atoms with Crippen molar-refractivity contribution in [2.75, 3.05) is 5.32 Å². The Labute approximate surface area is 164 Å². The third-order valence-corrected chi connectivity index (χ3v) is 4.69. The standard InChI is InChI=1S/C16H13BrF4N6O/c1-9-13(17)14(16(19,20)21)24-27(9)7-12(28)23-15-22-8-26(25-15)6-10-2-4-11(18)5-3-10/h2-5,8H,6-7H2,1H3,(H,23,25,28). The topological polar surface area (TPSA) is 77.6 Å². The second-order valence-electron chi connectivity index (χ2n) is 5.84. The second kappa shape index (κ2) is 7.70. The summed E-state index contributed by atoms with van der Waals surface area (Å²) < 4.78 is 53.7. The van der Waals surface area contributed by atoms with E-state index in [2.05, 4.69) is 36.4 Å². The Kier molecular flexibility index (Phi) is 5.49. The van der Waals surface area contributed by atoms with E-state index in [0.717, 1.165) is 10.2 Å². The maximum atomic E-state index is 12.9. The fourth-order valence-corrected chi connectivity index (χ4v) is 2.87. The lowest BCUT2D eigenvalue weighted by atomic mass is 10.2. The van der Waals surface area contributed by atoms with Crippen LogP contribution in [0.15, 0.2) is 35.1 Å². The largest absolute Gasteiger partial charge is 0.436 e. The number of benzene rings is 1. The molecular formula is C16H13BrF4N6O. The Morgan fingerprint density at radius 3 is 2.50 bits per heavy atom. The van der Waals surface area contributed by atoms with Gasteiger partial charge in [-0.1, -0.05) is 12.1 Å². The van der Waals surface area contributed by atoms with Gasteiger partial charge in [-0.2, -0.15) is 18.3 Å². The van der Waals surface area contributed by atoms with Crippen molar-refractivity contribution < 1.29 is 22.4 Å². The molecule has 1 amide bonds. The molecule has 0 spiro atoms. The Hall–Kier alpha value is -2.76. The van der Waals surface area contributed by atoms with Crippen LogP contribution in [-0.2, 0) is 24.1 Å². The zero-order chi connectivity index (χ0) is 20.5. The summed E-state index contributed by atoms with van der Waals surface area (Å²) in [4.78, 5) is 16.0. The quantitative estimate of drug-likeness (QED) is 0.592. The highest BCUT2D eigenvalue weighted by atomic mass is 79.9. The summed E-state index contributed by atoms with van der Waals surface area (Å²) in [5.74, 6) is -0.997. The number of alkyl halides is 3. The van der Waals surface area contributed by atoms with Crippen LogP contribution in [0.5, 0.6) is 0 Å².